The van der Waals surface area contributed by atoms with E-state index in [0.717, 1.165) is 21.2 Å². The number of carbonyl (C=O) groups is 1. The lowest BCUT2D eigenvalue weighted by molar-refractivity contribution is 0.0692. The van der Waals surface area contributed by atoms with Gasteiger partial charge >= 0.3 is 5.97 Å². The first-order valence-electron chi connectivity index (χ1n) is 4.99. The van der Waals surface area contributed by atoms with Gasteiger partial charge in [0.15, 0.2) is 5.69 Å². The minimum Gasteiger partial charge on any atom is -0.476 e. The molecule has 3 nitrogen and oxygen atoms in total. The molecule has 0 aliphatic rings. The molecule has 1 aromatic heterocycles. The highest BCUT2D eigenvalue weighted by Gasteiger charge is 2.18. The summed E-state index contributed by atoms with van der Waals surface area (Å²) in [5.74, 6) is -0.218. The number of aromatic carboxylic acids is 1. The minimum atomic E-state index is -0.965. The molecular weight excluding hydrogens is 254 g/mol. The molecule has 88 valence electrons. The van der Waals surface area contributed by atoms with Crippen molar-refractivity contribution in [1.29, 1.82) is 0 Å². The van der Waals surface area contributed by atoms with Crippen molar-refractivity contribution in [3.63, 3.8) is 0 Å². The third kappa shape index (κ3) is 2.68. The van der Waals surface area contributed by atoms with Gasteiger partial charge in [-0.3, -0.25) is 0 Å². The summed E-state index contributed by atoms with van der Waals surface area (Å²) in [6, 6.07) is 9.52. The van der Waals surface area contributed by atoms with Crippen LogP contribution in [-0.4, -0.2) is 22.3 Å². The van der Waals surface area contributed by atoms with Gasteiger partial charge in [-0.1, -0.05) is 30.3 Å². The van der Waals surface area contributed by atoms with Crippen LogP contribution in [-0.2, 0) is 5.75 Å². The second kappa shape index (κ2) is 5.33. The van der Waals surface area contributed by atoms with Gasteiger partial charge in [0.2, 0.25) is 0 Å². The highest BCUT2D eigenvalue weighted by molar-refractivity contribution is 7.97. The molecule has 0 unspecified atom stereocenters. The Kier molecular flexibility index (Phi) is 3.81. The lowest BCUT2D eigenvalue weighted by Gasteiger charge is -1.97. The maximum absolute atomic E-state index is 11.2. The van der Waals surface area contributed by atoms with Crippen LogP contribution in [0.5, 0.6) is 0 Å². The largest absolute Gasteiger partial charge is 0.476 e. The molecule has 1 N–H and O–H groups in total. The molecule has 0 atom stereocenters. The fraction of sp³-hybridized carbons (Fsp3) is 0.167. The second-order valence-corrected chi connectivity index (χ2v) is 5.34. The van der Waals surface area contributed by atoms with Crippen LogP contribution < -0.4 is 0 Å². The van der Waals surface area contributed by atoms with Crippen LogP contribution in [0, 0.1) is 0 Å². The predicted molar refractivity (Wildman–Crippen MR) is 71.7 cm³/mol. The fourth-order valence-electron chi connectivity index (χ4n) is 1.48. The number of benzene rings is 1. The molecule has 0 aliphatic carbocycles. The van der Waals surface area contributed by atoms with Gasteiger partial charge in [-0.2, -0.15) is 11.8 Å². The van der Waals surface area contributed by atoms with Crippen molar-refractivity contribution in [3.05, 3.63) is 41.0 Å². The summed E-state index contributed by atoms with van der Waals surface area (Å²) in [4.78, 5) is 16.1. The molecule has 0 radical (unpaired) electrons. The van der Waals surface area contributed by atoms with E-state index < -0.39 is 5.97 Å². The molecule has 5 heteroatoms. The Labute approximate surface area is 108 Å². The minimum absolute atomic E-state index is 0.158. The predicted octanol–water partition coefficient (Wildman–Crippen LogP) is 3.37. The standard InChI is InChI=1S/C12H11NO2S2/c1-16-7-9-13-10(12(14)15)11(17-9)8-5-3-2-4-6-8/h2-6H,7H2,1H3,(H,14,15). The van der Waals surface area contributed by atoms with Gasteiger partial charge in [0.25, 0.3) is 0 Å². The number of carboxylic acids is 1. The maximum Gasteiger partial charge on any atom is 0.356 e. The van der Waals surface area contributed by atoms with E-state index in [1.165, 1.54) is 11.3 Å². The molecule has 1 aromatic carbocycles. The van der Waals surface area contributed by atoms with Crippen molar-refractivity contribution in [2.24, 2.45) is 0 Å². The third-order valence-corrected chi connectivity index (χ3v) is 4.03. The van der Waals surface area contributed by atoms with Crippen molar-refractivity contribution < 1.29 is 9.90 Å². The van der Waals surface area contributed by atoms with Crippen molar-refractivity contribution >= 4 is 29.1 Å². The molecular formula is C12H11NO2S2. The Morgan fingerprint density at radius 1 is 1.41 bits per heavy atom. The molecule has 0 bridgehead atoms. The molecule has 0 amide bonds. The number of thioether (sulfide) groups is 1. The first kappa shape index (κ1) is 12.1. The molecule has 17 heavy (non-hydrogen) atoms. The summed E-state index contributed by atoms with van der Waals surface area (Å²) in [6.07, 6.45) is 1.98. The van der Waals surface area contributed by atoms with E-state index in [9.17, 15) is 4.79 Å². The summed E-state index contributed by atoms with van der Waals surface area (Å²) in [7, 11) is 0. The van der Waals surface area contributed by atoms with Crippen LogP contribution in [0.25, 0.3) is 10.4 Å². The lowest BCUT2D eigenvalue weighted by Crippen LogP contribution is -1.98. The smallest absolute Gasteiger partial charge is 0.356 e. The van der Waals surface area contributed by atoms with Crippen LogP contribution in [0.4, 0.5) is 0 Å². The van der Waals surface area contributed by atoms with Gasteiger partial charge in [0, 0.05) is 5.75 Å². The molecule has 0 spiro atoms. The summed E-state index contributed by atoms with van der Waals surface area (Å²) in [5.41, 5.74) is 1.07. The van der Waals surface area contributed by atoms with E-state index in [1.807, 2.05) is 36.6 Å². The average Bonchev–Trinajstić information content (AvgIpc) is 2.75. The number of nitrogens with zero attached hydrogens (tertiary/aromatic N) is 1. The van der Waals surface area contributed by atoms with Crippen LogP contribution in [0.1, 0.15) is 15.5 Å². The van der Waals surface area contributed by atoms with E-state index >= 15 is 0 Å². The number of hydrogen-bond donors (Lipinski definition) is 1. The van der Waals surface area contributed by atoms with Crippen LogP contribution >= 0.6 is 23.1 Å². The van der Waals surface area contributed by atoms with Crippen LogP contribution in [0.3, 0.4) is 0 Å². The molecule has 2 aromatic rings. The highest BCUT2D eigenvalue weighted by atomic mass is 32.2. The van der Waals surface area contributed by atoms with Crippen molar-refractivity contribution in [2.75, 3.05) is 6.26 Å². The zero-order valence-electron chi connectivity index (χ0n) is 9.21. The van der Waals surface area contributed by atoms with Gasteiger partial charge < -0.3 is 5.11 Å². The molecule has 2 rings (SSSR count). The molecule has 0 aliphatic heterocycles. The lowest BCUT2D eigenvalue weighted by atomic mass is 10.1. The first-order valence-corrected chi connectivity index (χ1v) is 7.20. The van der Waals surface area contributed by atoms with E-state index in [0.29, 0.717) is 0 Å². The van der Waals surface area contributed by atoms with Crippen molar-refractivity contribution in [1.82, 2.24) is 4.98 Å². The highest BCUT2D eigenvalue weighted by Crippen LogP contribution is 2.31. The number of thiazole rings is 1. The Bertz CT molecular complexity index is 523. The SMILES string of the molecule is CSCc1nc(C(=O)O)c(-c2ccccc2)s1. The number of rotatable bonds is 4. The van der Waals surface area contributed by atoms with Crippen LogP contribution in [0.2, 0.25) is 0 Å². The number of aromatic nitrogens is 1. The number of hydrogen-bond acceptors (Lipinski definition) is 4. The van der Waals surface area contributed by atoms with E-state index in [4.69, 9.17) is 5.11 Å². The van der Waals surface area contributed by atoms with Gasteiger partial charge in [-0.25, -0.2) is 9.78 Å². The molecule has 0 fully saturated rings. The summed E-state index contributed by atoms with van der Waals surface area (Å²) in [6.45, 7) is 0. The van der Waals surface area contributed by atoms with Crippen molar-refractivity contribution in [3.8, 4) is 10.4 Å². The monoisotopic (exact) mass is 265 g/mol. The van der Waals surface area contributed by atoms with Gasteiger partial charge in [0.1, 0.15) is 5.01 Å². The van der Waals surface area contributed by atoms with Gasteiger partial charge in [0.05, 0.1) is 4.88 Å². The quantitative estimate of drug-likeness (QED) is 0.920. The summed E-state index contributed by atoms with van der Waals surface area (Å²) < 4.78 is 0. The van der Waals surface area contributed by atoms with E-state index in [2.05, 4.69) is 4.98 Å². The Morgan fingerprint density at radius 2 is 2.12 bits per heavy atom. The van der Waals surface area contributed by atoms with Gasteiger partial charge in [-0.15, -0.1) is 11.3 Å². The first-order chi connectivity index (χ1) is 8.22. The normalized spacial score (nSPS) is 10.4. The molecule has 1 heterocycles. The molecule has 0 saturated carbocycles. The maximum atomic E-state index is 11.2. The molecule has 0 saturated heterocycles. The Hall–Kier alpha value is -1.33. The van der Waals surface area contributed by atoms with Gasteiger partial charge in [-0.05, 0) is 11.8 Å². The summed E-state index contributed by atoms with van der Waals surface area (Å²) in [5, 5.41) is 10.0. The van der Waals surface area contributed by atoms with Crippen molar-refractivity contribution in [2.45, 2.75) is 5.75 Å². The topological polar surface area (TPSA) is 50.2 Å². The van der Waals surface area contributed by atoms with E-state index in [1.54, 1.807) is 11.8 Å². The fourth-order valence-corrected chi connectivity index (χ4v) is 3.24. The number of carboxylic acid groups (broad SMARTS) is 1. The average molecular weight is 265 g/mol. The third-order valence-electron chi connectivity index (χ3n) is 2.18. The zero-order chi connectivity index (χ0) is 12.3. The zero-order valence-corrected chi connectivity index (χ0v) is 10.8. The Balaban J connectivity index is 2.48. The Morgan fingerprint density at radius 3 is 2.71 bits per heavy atom. The van der Waals surface area contributed by atoms with E-state index in [-0.39, 0.29) is 5.69 Å². The van der Waals surface area contributed by atoms with Crippen LogP contribution in [0.15, 0.2) is 30.3 Å². The second-order valence-electron chi connectivity index (χ2n) is 3.39. The summed E-state index contributed by atoms with van der Waals surface area (Å²) >= 11 is 3.09.